The molecule has 0 saturated carbocycles. The molecule has 1 aromatic carbocycles. The highest BCUT2D eigenvalue weighted by Gasteiger charge is 2.16. The van der Waals surface area contributed by atoms with Crippen molar-refractivity contribution < 1.29 is 14.3 Å². The molecule has 0 aliphatic heterocycles. The predicted molar refractivity (Wildman–Crippen MR) is 83.0 cm³/mol. The summed E-state index contributed by atoms with van der Waals surface area (Å²) in [4.78, 5) is 26.4. The van der Waals surface area contributed by atoms with Gasteiger partial charge in [-0.05, 0) is 37.5 Å². The van der Waals surface area contributed by atoms with Crippen LogP contribution in [-0.4, -0.2) is 24.3 Å². The number of nitrogens with one attached hydrogen (secondary N) is 1. The van der Waals surface area contributed by atoms with Gasteiger partial charge in [-0.2, -0.15) is 0 Å². The van der Waals surface area contributed by atoms with Gasteiger partial charge in [0.1, 0.15) is 0 Å². The first-order valence-corrected chi connectivity index (χ1v) is 7.31. The number of esters is 1. The molecule has 0 radical (unpaired) electrons. The lowest BCUT2D eigenvalue weighted by molar-refractivity contribution is 0.0600. The zero-order valence-electron chi connectivity index (χ0n) is 12.8. The predicted octanol–water partition coefficient (Wildman–Crippen LogP) is 3.81. The number of rotatable bonds is 6. The molecule has 0 spiro atoms. The summed E-state index contributed by atoms with van der Waals surface area (Å²) in [6, 6.07) is 3.65. The average Bonchev–Trinajstić information content (AvgIpc) is 2.82. The summed E-state index contributed by atoms with van der Waals surface area (Å²) >= 11 is 0. The van der Waals surface area contributed by atoms with Gasteiger partial charge in [0.25, 0.3) is 0 Å². The van der Waals surface area contributed by atoms with Crippen molar-refractivity contribution in [3.8, 4) is 0 Å². The largest absolute Gasteiger partial charge is 0.465 e. The Balaban J connectivity index is 2.48. The molecule has 0 aliphatic rings. The topological polar surface area (TPSA) is 59.2 Å². The minimum atomic E-state index is -0.357. The highest BCUT2D eigenvalue weighted by molar-refractivity contribution is 6.03. The maximum Gasteiger partial charge on any atom is 0.338 e. The second-order valence-electron chi connectivity index (χ2n) is 5.30. The van der Waals surface area contributed by atoms with Crippen LogP contribution in [0.15, 0.2) is 12.1 Å². The Kier molecular flexibility index (Phi) is 4.78. The van der Waals surface area contributed by atoms with Gasteiger partial charge in [-0.3, -0.25) is 4.79 Å². The molecule has 0 amide bonds. The first-order valence-electron chi connectivity index (χ1n) is 7.31. The molecule has 1 aromatic heterocycles. The third-order valence-corrected chi connectivity index (χ3v) is 3.82. The first kappa shape index (κ1) is 15.3. The van der Waals surface area contributed by atoms with Crippen LogP contribution in [0.2, 0.25) is 0 Å². The van der Waals surface area contributed by atoms with Crippen LogP contribution >= 0.6 is 0 Å². The SMILES string of the molecule is CCCCCc1[nH]c2cc(C(=O)OC)c(C)cc2c1C=O. The molecule has 4 nitrogen and oxygen atoms in total. The van der Waals surface area contributed by atoms with Crippen molar-refractivity contribution in [2.45, 2.75) is 39.5 Å². The zero-order valence-corrected chi connectivity index (χ0v) is 12.8. The number of aldehydes is 1. The van der Waals surface area contributed by atoms with E-state index < -0.39 is 0 Å². The van der Waals surface area contributed by atoms with Crippen molar-refractivity contribution in [1.82, 2.24) is 4.98 Å². The highest BCUT2D eigenvalue weighted by atomic mass is 16.5. The molecule has 21 heavy (non-hydrogen) atoms. The van der Waals surface area contributed by atoms with E-state index in [4.69, 9.17) is 4.74 Å². The number of unbranched alkanes of at least 4 members (excludes halogenated alkanes) is 2. The number of methoxy groups -OCH3 is 1. The first-order chi connectivity index (χ1) is 10.1. The van der Waals surface area contributed by atoms with Gasteiger partial charge in [-0.1, -0.05) is 19.8 Å². The van der Waals surface area contributed by atoms with E-state index in [1.54, 1.807) is 6.07 Å². The Labute approximate surface area is 124 Å². The van der Waals surface area contributed by atoms with Crippen molar-refractivity contribution in [1.29, 1.82) is 0 Å². The second kappa shape index (κ2) is 6.57. The van der Waals surface area contributed by atoms with E-state index in [1.807, 2.05) is 13.0 Å². The summed E-state index contributed by atoms with van der Waals surface area (Å²) in [6.07, 6.45) is 5.08. The number of H-pyrrole nitrogens is 1. The van der Waals surface area contributed by atoms with Crippen molar-refractivity contribution >= 4 is 23.2 Å². The summed E-state index contributed by atoms with van der Waals surface area (Å²) in [5, 5.41) is 0.877. The van der Waals surface area contributed by atoms with Gasteiger partial charge in [0, 0.05) is 22.2 Å². The number of carbonyl (C=O) groups excluding carboxylic acids is 2. The van der Waals surface area contributed by atoms with Crippen LogP contribution in [0.4, 0.5) is 0 Å². The number of hydrogen-bond donors (Lipinski definition) is 1. The van der Waals surface area contributed by atoms with E-state index in [9.17, 15) is 9.59 Å². The van der Waals surface area contributed by atoms with Crippen LogP contribution in [0.3, 0.4) is 0 Å². The standard InChI is InChI=1S/C17H21NO3/c1-4-5-6-7-15-14(10-19)13-8-11(2)12(17(20)21-3)9-16(13)18-15/h8-10,18H,4-7H2,1-3H3. The van der Waals surface area contributed by atoms with Gasteiger partial charge in [0.15, 0.2) is 6.29 Å². The van der Waals surface area contributed by atoms with Gasteiger partial charge < -0.3 is 9.72 Å². The zero-order chi connectivity index (χ0) is 15.4. The third-order valence-electron chi connectivity index (χ3n) is 3.82. The molecule has 0 aliphatic carbocycles. The summed E-state index contributed by atoms with van der Waals surface area (Å²) in [5.41, 5.74) is 3.82. The van der Waals surface area contributed by atoms with Crippen LogP contribution in [-0.2, 0) is 11.2 Å². The molecule has 1 heterocycles. The van der Waals surface area contributed by atoms with Crippen LogP contribution in [0, 0.1) is 6.92 Å². The Morgan fingerprint density at radius 1 is 1.33 bits per heavy atom. The van der Waals surface area contributed by atoms with E-state index in [2.05, 4.69) is 11.9 Å². The number of benzene rings is 1. The fourth-order valence-electron chi connectivity index (χ4n) is 2.64. The van der Waals surface area contributed by atoms with Gasteiger partial charge in [-0.15, -0.1) is 0 Å². The molecule has 0 saturated heterocycles. The molecule has 4 heteroatoms. The molecule has 2 rings (SSSR count). The van der Waals surface area contributed by atoms with Crippen molar-refractivity contribution in [3.63, 3.8) is 0 Å². The molecule has 0 unspecified atom stereocenters. The van der Waals surface area contributed by atoms with Crippen LogP contribution in [0.5, 0.6) is 0 Å². The molecule has 112 valence electrons. The highest BCUT2D eigenvalue weighted by Crippen LogP contribution is 2.26. The Hall–Kier alpha value is -2.10. The summed E-state index contributed by atoms with van der Waals surface area (Å²) < 4.78 is 4.79. The number of carbonyl (C=O) groups is 2. The fourth-order valence-corrected chi connectivity index (χ4v) is 2.64. The minimum absolute atomic E-state index is 0.357. The normalized spacial score (nSPS) is 10.8. The Morgan fingerprint density at radius 3 is 2.71 bits per heavy atom. The maximum atomic E-state index is 11.7. The van der Waals surface area contributed by atoms with Gasteiger partial charge in [0.05, 0.1) is 12.7 Å². The van der Waals surface area contributed by atoms with Crippen LogP contribution in [0.1, 0.15) is 58.2 Å². The molecule has 2 aromatic rings. The van der Waals surface area contributed by atoms with Crippen molar-refractivity contribution in [3.05, 3.63) is 34.5 Å². The third kappa shape index (κ3) is 2.99. The molecule has 0 bridgehead atoms. The number of aromatic amines is 1. The molecular formula is C17H21NO3. The van der Waals surface area contributed by atoms with Crippen molar-refractivity contribution in [2.24, 2.45) is 0 Å². The molecule has 0 atom stereocenters. The summed E-state index contributed by atoms with van der Waals surface area (Å²) in [7, 11) is 1.37. The smallest absolute Gasteiger partial charge is 0.338 e. The maximum absolute atomic E-state index is 11.7. The van der Waals surface area contributed by atoms with Gasteiger partial charge in [-0.25, -0.2) is 4.79 Å². The quantitative estimate of drug-likeness (QED) is 0.499. The summed E-state index contributed by atoms with van der Waals surface area (Å²) in [5.74, 6) is -0.357. The molecule has 1 N–H and O–H groups in total. The van der Waals surface area contributed by atoms with Crippen molar-refractivity contribution in [2.75, 3.05) is 7.11 Å². The number of ether oxygens (including phenoxy) is 1. The fraction of sp³-hybridized carbons (Fsp3) is 0.412. The van der Waals surface area contributed by atoms with Crippen LogP contribution in [0.25, 0.3) is 10.9 Å². The van der Waals surface area contributed by atoms with E-state index in [-0.39, 0.29) is 5.97 Å². The van der Waals surface area contributed by atoms with Gasteiger partial charge in [0.2, 0.25) is 0 Å². The van der Waals surface area contributed by atoms with E-state index in [1.165, 1.54) is 7.11 Å². The number of aromatic nitrogens is 1. The number of fused-ring (bicyclic) bond motifs is 1. The second-order valence-corrected chi connectivity index (χ2v) is 5.30. The average molecular weight is 287 g/mol. The monoisotopic (exact) mass is 287 g/mol. The molecule has 0 fully saturated rings. The minimum Gasteiger partial charge on any atom is -0.465 e. The van der Waals surface area contributed by atoms with E-state index in [0.717, 1.165) is 54.1 Å². The van der Waals surface area contributed by atoms with E-state index in [0.29, 0.717) is 11.1 Å². The van der Waals surface area contributed by atoms with Gasteiger partial charge >= 0.3 is 5.97 Å². The lowest BCUT2D eigenvalue weighted by Crippen LogP contribution is -2.03. The van der Waals surface area contributed by atoms with Crippen LogP contribution < -0.4 is 0 Å². The Morgan fingerprint density at radius 2 is 2.10 bits per heavy atom. The Bertz CT molecular complexity index is 670. The van der Waals surface area contributed by atoms with E-state index >= 15 is 0 Å². The number of hydrogen-bond acceptors (Lipinski definition) is 3. The summed E-state index contributed by atoms with van der Waals surface area (Å²) in [6.45, 7) is 4.00. The molecular weight excluding hydrogens is 266 g/mol. The lowest BCUT2D eigenvalue weighted by Gasteiger charge is -2.04. The number of aryl methyl sites for hydroxylation is 2. The lowest BCUT2D eigenvalue weighted by atomic mass is 10.0.